The number of aromatic nitrogens is 1. The number of carbonyl (C=O) groups is 1. The van der Waals surface area contributed by atoms with E-state index in [1.807, 2.05) is 24.5 Å². The smallest absolute Gasteiger partial charge is 0.224 e. The maximum absolute atomic E-state index is 13.8. The predicted molar refractivity (Wildman–Crippen MR) is 121 cm³/mol. The van der Waals surface area contributed by atoms with E-state index in [0.717, 1.165) is 58.3 Å². The van der Waals surface area contributed by atoms with E-state index in [1.165, 1.54) is 11.6 Å². The van der Waals surface area contributed by atoms with Crippen LogP contribution in [0.4, 0.5) is 4.39 Å². The Labute approximate surface area is 189 Å². The lowest BCUT2D eigenvalue weighted by molar-refractivity contribution is -0.129. The summed E-state index contributed by atoms with van der Waals surface area (Å²) >= 11 is 0. The van der Waals surface area contributed by atoms with Crippen LogP contribution in [0.2, 0.25) is 0 Å². The summed E-state index contributed by atoms with van der Waals surface area (Å²) in [6.07, 6.45) is 8.78. The number of benzene rings is 1. The maximum atomic E-state index is 13.8. The minimum absolute atomic E-state index is 0.0608. The Bertz CT molecular complexity index is 895. The second kappa shape index (κ2) is 10.9. The summed E-state index contributed by atoms with van der Waals surface area (Å²) in [6.45, 7) is 4.38. The molecule has 2 aliphatic heterocycles. The Morgan fingerprint density at radius 2 is 1.88 bits per heavy atom. The van der Waals surface area contributed by atoms with E-state index >= 15 is 0 Å². The van der Waals surface area contributed by atoms with Crippen LogP contribution in [0.3, 0.4) is 0 Å². The molecule has 2 aromatic rings. The van der Waals surface area contributed by atoms with Crippen LogP contribution >= 0.6 is 0 Å². The molecule has 4 rings (SSSR count). The lowest BCUT2D eigenvalue weighted by Gasteiger charge is -2.43. The third-order valence-corrected chi connectivity index (χ3v) is 6.74. The van der Waals surface area contributed by atoms with Gasteiger partial charge in [0.25, 0.3) is 0 Å². The Morgan fingerprint density at radius 1 is 1.06 bits per heavy atom. The fourth-order valence-electron chi connectivity index (χ4n) is 4.97. The Balaban J connectivity index is 1.56. The Morgan fingerprint density at radius 3 is 2.72 bits per heavy atom. The van der Waals surface area contributed by atoms with E-state index in [9.17, 15) is 14.3 Å². The lowest BCUT2D eigenvalue weighted by atomic mass is 9.88. The minimum Gasteiger partial charge on any atom is -0.505 e. The molecule has 172 valence electrons. The number of hydrogen-bond acceptors (Lipinski definition) is 5. The maximum Gasteiger partial charge on any atom is 0.224 e. The number of amides is 1. The van der Waals surface area contributed by atoms with Gasteiger partial charge < -0.3 is 10.4 Å². The summed E-state index contributed by atoms with van der Waals surface area (Å²) in [5, 5.41) is 13.3. The van der Waals surface area contributed by atoms with Crippen molar-refractivity contribution in [3.63, 3.8) is 0 Å². The standard InChI is InChI=1S/C25H33FN4O2/c26-22-7-5-6-20(24(22)31)17-29-15-10-21-23(18-29)30(16-19-8-12-27-13-9-19)14-4-2-1-3-11-28-25(21)32/h5-9,12-13,21,23,31H,1-4,10-11,14-18H2,(H,28,32)/t21-,23-/m1/s1. The van der Waals surface area contributed by atoms with E-state index in [-0.39, 0.29) is 23.6 Å². The molecule has 0 radical (unpaired) electrons. The summed E-state index contributed by atoms with van der Waals surface area (Å²) in [7, 11) is 0. The van der Waals surface area contributed by atoms with Gasteiger partial charge in [-0.15, -0.1) is 0 Å². The van der Waals surface area contributed by atoms with E-state index in [2.05, 4.69) is 20.1 Å². The molecule has 0 bridgehead atoms. The molecule has 32 heavy (non-hydrogen) atoms. The number of hydrogen-bond donors (Lipinski definition) is 2. The molecule has 2 aliphatic rings. The highest BCUT2D eigenvalue weighted by Crippen LogP contribution is 2.29. The topological polar surface area (TPSA) is 68.7 Å². The van der Waals surface area contributed by atoms with Gasteiger partial charge in [-0.25, -0.2) is 4.39 Å². The van der Waals surface area contributed by atoms with E-state index < -0.39 is 5.82 Å². The van der Waals surface area contributed by atoms with Gasteiger partial charge in [0.1, 0.15) is 0 Å². The van der Waals surface area contributed by atoms with Crippen molar-refractivity contribution in [2.45, 2.75) is 51.2 Å². The molecule has 2 atom stereocenters. The van der Waals surface area contributed by atoms with E-state index in [0.29, 0.717) is 18.7 Å². The largest absolute Gasteiger partial charge is 0.505 e. The molecule has 1 amide bonds. The van der Waals surface area contributed by atoms with Gasteiger partial charge in [0.15, 0.2) is 11.6 Å². The van der Waals surface area contributed by atoms with Gasteiger partial charge in [0.05, 0.1) is 5.92 Å². The number of carbonyl (C=O) groups excluding carboxylic acids is 1. The summed E-state index contributed by atoms with van der Waals surface area (Å²) < 4.78 is 13.8. The van der Waals surface area contributed by atoms with Crippen LogP contribution in [-0.2, 0) is 17.9 Å². The van der Waals surface area contributed by atoms with Gasteiger partial charge in [-0.2, -0.15) is 0 Å². The number of para-hydroxylation sites is 1. The van der Waals surface area contributed by atoms with Crippen molar-refractivity contribution in [2.75, 3.05) is 26.2 Å². The zero-order valence-electron chi connectivity index (χ0n) is 18.5. The van der Waals surface area contributed by atoms with Crippen LogP contribution in [-0.4, -0.2) is 58.0 Å². The number of piperidine rings is 1. The summed E-state index contributed by atoms with van der Waals surface area (Å²) in [5.41, 5.74) is 1.78. The van der Waals surface area contributed by atoms with Crippen molar-refractivity contribution in [1.82, 2.24) is 20.1 Å². The first kappa shape index (κ1) is 22.7. The van der Waals surface area contributed by atoms with Crippen LogP contribution in [0.5, 0.6) is 5.75 Å². The van der Waals surface area contributed by atoms with Crippen LogP contribution in [0.25, 0.3) is 0 Å². The van der Waals surface area contributed by atoms with Gasteiger partial charge in [0.2, 0.25) is 5.91 Å². The van der Waals surface area contributed by atoms with Gasteiger partial charge in [-0.05, 0) is 56.1 Å². The quantitative estimate of drug-likeness (QED) is 0.764. The third kappa shape index (κ3) is 5.64. The molecule has 1 aromatic heterocycles. The number of nitrogens with zero attached hydrogens (tertiary/aromatic N) is 3. The van der Waals surface area contributed by atoms with Crippen molar-refractivity contribution in [3.8, 4) is 5.75 Å². The number of rotatable bonds is 4. The Kier molecular flexibility index (Phi) is 7.71. The molecule has 2 saturated heterocycles. The monoisotopic (exact) mass is 440 g/mol. The van der Waals surface area contributed by atoms with Gasteiger partial charge >= 0.3 is 0 Å². The minimum atomic E-state index is -0.592. The van der Waals surface area contributed by atoms with Crippen molar-refractivity contribution < 1.29 is 14.3 Å². The second-order valence-corrected chi connectivity index (χ2v) is 8.98. The number of pyridine rings is 1. The lowest BCUT2D eigenvalue weighted by Crippen LogP contribution is -2.56. The average molecular weight is 441 g/mol. The molecular formula is C25H33FN4O2. The number of phenols is 1. The average Bonchev–Trinajstić information content (AvgIpc) is 2.83. The number of phenolic OH excluding ortho intramolecular Hbond substituents is 1. The second-order valence-electron chi connectivity index (χ2n) is 8.98. The number of aromatic hydroxyl groups is 1. The SMILES string of the molecule is O=C1NCCCCCCN(Cc2ccncc2)[C@@H]2CN(Cc3cccc(F)c3O)CC[C@@H]12. The fraction of sp³-hybridized carbons (Fsp3) is 0.520. The third-order valence-electron chi connectivity index (χ3n) is 6.74. The highest BCUT2D eigenvalue weighted by atomic mass is 19.1. The van der Waals surface area contributed by atoms with Crippen LogP contribution < -0.4 is 5.32 Å². The van der Waals surface area contributed by atoms with Crippen molar-refractivity contribution in [2.24, 2.45) is 5.92 Å². The van der Waals surface area contributed by atoms with Gasteiger partial charge in [-0.1, -0.05) is 25.0 Å². The molecule has 0 aliphatic carbocycles. The number of likely N-dealkylation sites (tertiary alicyclic amines) is 1. The zero-order chi connectivity index (χ0) is 22.3. The molecule has 7 heteroatoms. The zero-order valence-corrected chi connectivity index (χ0v) is 18.5. The molecule has 1 aromatic carbocycles. The van der Waals surface area contributed by atoms with Gasteiger partial charge in [-0.3, -0.25) is 19.6 Å². The fourth-order valence-corrected chi connectivity index (χ4v) is 4.97. The Hall–Kier alpha value is -2.51. The highest BCUT2D eigenvalue weighted by molar-refractivity contribution is 5.79. The first-order chi connectivity index (χ1) is 15.6. The molecule has 0 saturated carbocycles. The molecule has 0 unspecified atom stereocenters. The number of halogens is 1. The van der Waals surface area contributed by atoms with Crippen LogP contribution in [0.1, 0.15) is 43.2 Å². The molecular weight excluding hydrogens is 407 g/mol. The van der Waals surface area contributed by atoms with Crippen molar-refractivity contribution in [1.29, 1.82) is 0 Å². The molecule has 2 fully saturated rings. The molecule has 2 N–H and O–H groups in total. The molecule has 6 nitrogen and oxygen atoms in total. The van der Waals surface area contributed by atoms with E-state index in [4.69, 9.17) is 0 Å². The van der Waals surface area contributed by atoms with Gasteiger partial charge in [0, 0.05) is 50.2 Å². The summed E-state index contributed by atoms with van der Waals surface area (Å²) in [4.78, 5) is 21.9. The summed E-state index contributed by atoms with van der Waals surface area (Å²) in [6, 6.07) is 8.80. The van der Waals surface area contributed by atoms with Crippen molar-refractivity contribution >= 4 is 5.91 Å². The van der Waals surface area contributed by atoms with Crippen LogP contribution in [0.15, 0.2) is 42.7 Å². The first-order valence-corrected chi connectivity index (χ1v) is 11.7. The highest BCUT2D eigenvalue weighted by Gasteiger charge is 2.37. The summed E-state index contributed by atoms with van der Waals surface area (Å²) in [5.74, 6) is -0.799. The van der Waals surface area contributed by atoms with E-state index in [1.54, 1.807) is 12.1 Å². The van der Waals surface area contributed by atoms with Crippen molar-refractivity contribution in [3.05, 3.63) is 59.7 Å². The predicted octanol–water partition coefficient (Wildman–Crippen LogP) is 3.31. The van der Waals surface area contributed by atoms with Crippen LogP contribution in [0, 0.1) is 11.7 Å². The number of nitrogens with one attached hydrogen (secondary N) is 1. The normalized spacial score (nSPS) is 23.7. The first-order valence-electron chi connectivity index (χ1n) is 11.7. The molecule has 0 spiro atoms. The molecule has 3 heterocycles. The number of fused-ring (bicyclic) bond motifs is 1.